The van der Waals surface area contributed by atoms with E-state index in [4.69, 9.17) is 5.73 Å². The second-order valence-corrected chi connectivity index (χ2v) is 7.82. The van der Waals surface area contributed by atoms with Crippen molar-refractivity contribution in [2.24, 2.45) is 0 Å². The van der Waals surface area contributed by atoms with Crippen LogP contribution in [-0.4, -0.2) is 59.0 Å². The zero-order chi connectivity index (χ0) is 23.7. The number of nitrogens with zero attached hydrogens (tertiary/aromatic N) is 6. The van der Waals surface area contributed by atoms with Gasteiger partial charge >= 0.3 is 24.8 Å². The van der Waals surface area contributed by atoms with Crippen LogP contribution in [0.2, 0.25) is 0 Å². The van der Waals surface area contributed by atoms with E-state index < -0.39 is 5.97 Å². The van der Waals surface area contributed by atoms with Gasteiger partial charge in [-0.25, -0.2) is 14.5 Å². The number of fused-ring (bicyclic) bond motifs is 1. The monoisotopic (exact) mass is 463 g/mol. The third kappa shape index (κ3) is 5.04. The van der Waals surface area contributed by atoms with E-state index in [1.807, 2.05) is 35.0 Å². The Hall–Kier alpha value is -4.13. The number of hydrogen-bond donors (Lipinski definition) is 2. The number of carbonyl (C=O) groups is 1. The van der Waals surface area contributed by atoms with Crippen molar-refractivity contribution in [2.45, 2.75) is 19.6 Å². The van der Waals surface area contributed by atoms with E-state index >= 15 is 0 Å². The van der Waals surface area contributed by atoms with Crippen LogP contribution < -0.4 is 11.3 Å². The average Bonchev–Trinajstić information content (AvgIpc) is 3.43. The van der Waals surface area contributed by atoms with Crippen LogP contribution in [0, 0.1) is 0 Å². The van der Waals surface area contributed by atoms with Gasteiger partial charge in [0.15, 0.2) is 0 Å². The maximum absolute atomic E-state index is 12.3. The fourth-order valence-corrected chi connectivity index (χ4v) is 3.84. The number of carboxylic acids is 1. The molecule has 0 atom stereocenters. The van der Waals surface area contributed by atoms with Crippen molar-refractivity contribution in [3.63, 3.8) is 0 Å². The fraction of sp³-hybridized carbons (Fsp3) is 0.125. The molecule has 3 N–H and O–H groups in total. The number of aromatic carboxylic acids is 1. The van der Waals surface area contributed by atoms with E-state index in [0.717, 1.165) is 16.6 Å². The summed E-state index contributed by atoms with van der Waals surface area (Å²) in [4.78, 5) is 27.9. The third-order valence-electron chi connectivity index (χ3n) is 5.54. The van der Waals surface area contributed by atoms with E-state index in [0.29, 0.717) is 30.3 Å². The molecule has 5 aromatic rings. The first-order valence-corrected chi connectivity index (χ1v) is 10.6. The quantitative estimate of drug-likeness (QED) is 0.352. The Morgan fingerprint density at radius 1 is 1.03 bits per heavy atom. The zero-order valence-electron chi connectivity index (χ0n) is 18.1. The summed E-state index contributed by atoms with van der Waals surface area (Å²) in [6.45, 7) is 1.33. The molecule has 0 saturated heterocycles. The number of nitrogen functional groups attached to an aromatic ring is 1. The molecular formula is C24H22LiN7O3. The second-order valence-electron chi connectivity index (χ2n) is 7.82. The van der Waals surface area contributed by atoms with Gasteiger partial charge in [0.25, 0.3) is 5.56 Å². The van der Waals surface area contributed by atoms with Gasteiger partial charge in [0, 0.05) is 24.4 Å². The van der Waals surface area contributed by atoms with Crippen molar-refractivity contribution < 1.29 is 9.90 Å². The molecule has 0 amide bonds. The number of imidazole rings is 1. The summed E-state index contributed by atoms with van der Waals surface area (Å²) in [5.74, 6) is -0.567. The van der Waals surface area contributed by atoms with Gasteiger partial charge in [-0.3, -0.25) is 9.48 Å². The summed E-state index contributed by atoms with van der Waals surface area (Å²) in [5.41, 5.74) is 9.80. The number of hydrogen-bond acceptors (Lipinski definition) is 6. The van der Waals surface area contributed by atoms with Crippen molar-refractivity contribution in [3.05, 3.63) is 94.5 Å². The molecule has 5 rings (SSSR count). The molecule has 2 aromatic carbocycles. The van der Waals surface area contributed by atoms with Gasteiger partial charge in [0.2, 0.25) is 5.95 Å². The summed E-state index contributed by atoms with van der Waals surface area (Å²) in [7, 11) is 0. The topological polar surface area (TPSA) is 134 Å². The van der Waals surface area contributed by atoms with Gasteiger partial charge in [-0.1, -0.05) is 24.3 Å². The number of para-hydroxylation sites is 2. The Kier molecular flexibility index (Phi) is 6.87. The van der Waals surface area contributed by atoms with E-state index in [1.165, 1.54) is 22.9 Å². The van der Waals surface area contributed by atoms with Gasteiger partial charge < -0.3 is 15.4 Å². The summed E-state index contributed by atoms with van der Waals surface area (Å²) in [5, 5.41) is 18.1. The first kappa shape index (κ1) is 24.0. The predicted octanol–water partition coefficient (Wildman–Crippen LogP) is 1.84. The Bertz CT molecular complexity index is 1570. The number of carboxylic acid groups (broad SMARTS) is 1. The van der Waals surface area contributed by atoms with Crippen molar-refractivity contribution in [1.29, 1.82) is 0 Å². The molecule has 0 fully saturated rings. The van der Waals surface area contributed by atoms with Crippen LogP contribution in [0.1, 0.15) is 15.9 Å². The molecule has 0 radical (unpaired) electrons. The molecule has 0 bridgehead atoms. The molecule has 35 heavy (non-hydrogen) atoms. The molecular weight excluding hydrogens is 441 g/mol. The number of nitrogens with two attached hydrogens (primary N) is 1. The average molecular weight is 463 g/mol. The third-order valence-corrected chi connectivity index (χ3v) is 5.54. The zero-order valence-corrected chi connectivity index (χ0v) is 18.1. The number of aryl methyl sites for hydroxylation is 2. The first-order chi connectivity index (χ1) is 16.5. The van der Waals surface area contributed by atoms with Crippen LogP contribution in [0.4, 0.5) is 5.95 Å². The first-order valence-electron chi connectivity index (χ1n) is 10.6. The second kappa shape index (κ2) is 10.0. The molecule has 0 aliphatic rings. The molecule has 3 heterocycles. The summed E-state index contributed by atoms with van der Waals surface area (Å²) in [6.07, 6.45) is 3.55. The minimum absolute atomic E-state index is 0. The number of benzene rings is 2. The number of rotatable bonds is 7. The molecule has 0 unspecified atom stereocenters. The molecule has 0 saturated carbocycles. The van der Waals surface area contributed by atoms with Crippen LogP contribution >= 0.6 is 0 Å². The normalized spacial score (nSPS) is 10.9. The van der Waals surface area contributed by atoms with Gasteiger partial charge in [0.05, 0.1) is 41.6 Å². The van der Waals surface area contributed by atoms with Gasteiger partial charge in [-0.05, 0) is 35.9 Å². The summed E-state index contributed by atoms with van der Waals surface area (Å²) >= 11 is 0. The van der Waals surface area contributed by atoms with Crippen LogP contribution in [0.15, 0.2) is 77.9 Å². The molecule has 10 nitrogen and oxygen atoms in total. The molecule has 11 heteroatoms. The van der Waals surface area contributed by atoms with E-state index in [2.05, 4.69) is 15.2 Å². The SMILES string of the molecule is Nc1nc2ccccc2n1CCn1cc(-c2ccc(=O)n(Cc3cccc(C(=O)O)c3)n2)cn1.[LiH]. The van der Waals surface area contributed by atoms with Crippen molar-refractivity contribution >= 4 is 41.8 Å². The Labute approximate surface area is 211 Å². The molecule has 0 aliphatic carbocycles. The Balaban J connectivity index is 0.00000289. The van der Waals surface area contributed by atoms with Gasteiger partial charge in [-0.2, -0.15) is 10.2 Å². The maximum atomic E-state index is 12.3. The molecule has 3 aromatic heterocycles. The van der Waals surface area contributed by atoms with E-state index in [9.17, 15) is 14.7 Å². The van der Waals surface area contributed by atoms with E-state index in [1.54, 1.807) is 29.1 Å². The van der Waals surface area contributed by atoms with Crippen LogP contribution in [-0.2, 0) is 19.6 Å². The van der Waals surface area contributed by atoms with Crippen molar-refractivity contribution in [1.82, 2.24) is 29.1 Å². The summed E-state index contributed by atoms with van der Waals surface area (Å²) in [6, 6.07) is 17.3. The van der Waals surface area contributed by atoms with E-state index in [-0.39, 0.29) is 36.5 Å². The predicted molar refractivity (Wildman–Crippen MR) is 134 cm³/mol. The minimum atomic E-state index is -1.02. The Morgan fingerprint density at radius 2 is 1.86 bits per heavy atom. The summed E-state index contributed by atoms with van der Waals surface area (Å²) < 4.78 is 5.04. The number of anilines is 1. The standard InChI is InChI=1S/C24H21N7O3.Li.H/c25-24-27-20-6-1-2-7-21(20)30(24)11-10-29-15-18(13-26-29)19-8-9-22(32)31(28-19)14-16-4-3-5-17(12-16)23(33)34;;/h1-9,12-13,15H,10-11,14H2,(H2,25,27)(H,33,34);;. The van der Waals surface area contributed by atoms with Crippen molar-refractivity contribution in [3.8, 4) is 11.3 Å². The van der Waals surface area contributed by atoms with Crippen LogP contribution in [0.25, 0.3) is 22.3 Å². The van der Waals surface area contributed by atoms with Gasteiger partial charge in [-0.15, -0.1) is 0 Å². The number of aromatic nitrogens is 6. The molecule has 172 valence electrons. The van der Waals surface area contributed by atoms with Crippen molar-refractivity contribution in [2.75, 3.05) is 5.73 Å². The fourth-order valence-electron chi connectivity index (χ4n) is 3.84. The van der Waals surface area contributed by atoms with Crippen LogP contribution in [0.5, 0.6) is 0 Å². The molecule has 0 aliphatic heterocycles. The van der Waals surface area contributed by atoms with Crippen LogP contribution in [0.3, 0.4) is 0 Å². The Morgan fingerprint density at radius 3 is 2.69 bits per heavy atom. The van der Waals surface area contributed by atoms with Gasteiger partial charge in [0.1, 0.15) is 0 Å². The molecule has 0 spiro atoms.